The molecule has 10 nitrogen and oxygen atoms in total. The molecule has 0 aromatic carbocycles. The molecule has 0 unspecified atom stereocenters. The number of nitrogens with one attached hydrogen (secondary N) is 1. The van der Waals surface area contributed by atoms with E-state index in [0.717, 1.165) is 6.26 Å². The van der Waals surface area contributed by atoms with Crippen molar-refractivity contribution in [1.82, 2.24) is 5.32 Å². The number of alkyl carbamates (subject to hydrolysis) is 1. The Morgan fingerprint density at radius 2 is 1.76 bits per heavy atom. The third-order valence-corrected chi connectivity index (χ3v) is 4.67. The van der Waals surface area contributed by atoms with E-state index in [1.54, 1.807) is 48.5 Å². The van der Waals surface area contributed by atoms with E-state index in [-0.39, 0.29) is 13.2 Å². The molecule has 2 rings (SSSR count). The minimum Gasteiger partial charge on any atom is -0.444 e. The summed E-state index contributed by atoms with van der Waals surface area (Å²) in [6.07, 6.45) is -2.82. The molecular formula is C18H33NO9S. The predicted molar refractivity (Wildman–Crippen MR) is 103 cm³/mol. The molecule has 1 amide bonds. The highest BCUT2D eigenvalue weighted by Crippen LogP contribution is 2.37. The van der Waals surface area contributed by atoms with Gasteiger partial charge in [-0.15, -0.1) is 0 Å². The van der Waals surface area contributed by atoms with E-state index in [1.807, 2.05) is 0 Å². The lowest BCUT2D eigenvalue weighted by atomic mass is 10.0. The quantitative estimate of drug-likeness (QED) is 0.615. The molecule has 2 saturated heterocycles. The summed E-state index contributed by atoms with van der Waals surface area (Å²) in [5, 5.41) is 2.54. The summed E-state index contributed by atoms with van der Waals surface area (Å²) in [6.45, 7) is 12.2. The Balaban J connectivity index is 2.19. The minimum absolute atomic E-state index is 0.167. The number of hydrogen-bond donors (Lipinski definition) is 1. The Bertz CT molecular complexity index is 699. The molecule has 29 heavy (non-hydrogen) atoms. The Labute approximate surface area is 172 Å². The van der Waals surface area contributed by atoms with Gasteiger partial charge in [0.1, 0.15) is 30.0 Å². The SMILES string of the molecule is CC(C)(C)OC(=O)NC[C@H](OS(C)(=O)=O)[C@H]1OC(C)(C)O[C@@H]1[C@H]1COC(C)(C)O1. The molecule has 2 fully saturated rings. The van der Waals surface area contributed by atoms with E-state index in [4.69, 9.17) is 27.9 Å². The van der Waals surface area contributed by atoms with E-state index in [1.165, 1.54) is 0 Å². The van der Waals surface area contributed by atoms with Crippen LogP contribution in [-0.4, -0.2) is 75.5 Å². The highest BCUT2D eigenvalue weighted by atomic mass is 32.2. The van der Waals surface area contributed by atoms with Gasteiger partial charge in [-0.1, -0.05) is 0 Å². The molecule has 4 atom stereocenters. The summed E-state index contributed by atoms with van der Waals surface area (Å²) in [6, 6.07) is 0. The fourth-order valence-electron chi connectivity index (χ4n) is 3.20. The van der Waals surface area contributed by atoms with Crippen LogP contribution in [0.3, 0.4) is 0 Å². The fourth-order valence-corrected chi connectivity index (χ4v) is 3.82. The molecule has 0 aromatic heterocycles. The lowest BCUT2D eigenvalue weighted by molar-refractivity contribution is -0.175. The van der Waals surface area contributed by atoms with Crippen LogP contribution in [0.2, 0.25) is 0 Å². The molecular weight excluding hydrogens is 406 g/mol. The normalized spacial score (nSPS) is 30.1. The van der Waals surface area contributed by atoms with Gasteiger partial charge in [-0.3, -0.25) is 4.18 Å². The molecule has 0 bridgehead atoms. The molecule has 0 aromatic rings. The summed E-state index contributed by atoms with van der Waals surface area (Å²) in [7, 11) is -3.85. The van der Waals surface area contributed by atoms with Gasteiger partial charge in [0, 0.05) is 0 Å². The summed E-state index contributed by atoms with van der Waals surface area (Å²) in [5.41, 5.74) is -0.699. The summed E-state index contributed by atoms with van der Waals surface area (Å²) >= 11 is 0. The van der Waals surface area contributed by atoms with Crippen LogP contribution < -0.4 is 5.32 Å². The first-order valence-corrected chi connectivity index (χ1v) is 11.3. The van der Waals surface area contributed by atoms with Gasteiger partial charge >= 0.3 is 6.09 Å². The van der Waals surface area contributed by atoms with Gasteiger partial charge in [0.25, 0.3) is 10.1 Å². The number of hydrogen-bond acceptors (Lipinski definition) is 9. The van der Waals surface area contributed by atoms with Gasteiger partial charge in [-0.2, -0.15) is 8.42 Å². The molecule has 2 aliphatic rings. The van der Waals surface area contributed by atoms with Crippen molar-refractivity contribution >= 4 is 16.2 Å². The number of carbonyl (C=O) groups is 1. The summed E-state index contributed by atoms with van der Waals surface area (Å²) < 4.78 is 57.5. The average Bonchev–Trinajstić information content (AvgIpc) is 2.99. The number of amides is 1. The van der Waals surface area contributed by atoms with Gasteiger partial charge in [-0.05, 0) is 48.5 Å². The Hall–Kier alpha value is -0.980. The van der Waals surface area contributed by atoms with Crippen LogP contribution in [0.25, 0.3) is 0 Å². The number of rotatable bonds is 6. The van der Waals surface area contributed by atoms with Gasteiger partial charge in [-0.25, -0.2) is 4.79 Å². The van der Waals surface area contributed by atoms with E-state index in [2.05, 4.69) is 5.32 Å². The monoisotopic (exact) mass is 439 g/mol. The highest BCUT2D eigenvalue weighted by molar-refractivity contribution is 7.86. The molecule has 170 valence electrons. The lowest BCUT2D eigenvalue weighted by Gasteiger charge is -2.29. The molecule has 0 aliphatic carbocycles. The van der Waals surface area contributed by atoms with Crippen molar-refractivity contribution in [2.75, 3.05) is 19.4 Å². The highest BCUT2D eigenvalue weighted by Gasteiger charge is 2.53. The molecule has 2 heterocycles. The predicted octanol–water partition coefficient (Wildman–Crippen LogP) is 1.53. The van der Waals surface area contributed by atoms with Crippen molar-refractivity contribution in [2.24, 2.45) is 0 Å². The molecule has 2 aliphatic heterocycles. The third-order valence-electron chi connectivity index (χ3n) is 4.07. The van der Waals surface area contributed by atoms with Crippen LogP contribution in [0.4, 0.5) is 4.79 Å². The first-order chi connectivity index (χ1) is 13.0. The minimum atomic E-state index is -3.85. The second-order valence-electron chi connectivity index (χ2n) is 9.15. The maximum absolute atomic E-state index is 12.0. The zero-order chi connectivity index (χ0) is 22.3. The molecule has 11 heteroatoms. The van der Waals surface area contributed by atoms with Gasteiger partial charge < -0.3 is 29.0 Å². The van der Waals surface area contributed by atoms with E-state index in [0.29, 0.717) is 0 Å². The van der Waals surface area contributed by atoms with Crippen molar-refractivity contribution < 1.29 is 41.1 Å². The maximum atomic E-state index is 12.0. The fraction of sp³-hybridized carbons (Fsp3) is 0.944. The zero-order valence-corrected chi connectivity index (χ0v) is 19.1. The molecule has 0 spiro atoms. The lowest BCUT2D eigenvalue weighted by Crippen LogP contribution is -2.50. The van der Waals surface area contributed by atoms with Gasteiger partial charge in [0.2, 0.25) is 0 Å². The van der Waals surface area contributed by atoms with Crippen molar-refractivity contribution in [3.63, 3.8) is 0 Å². The maximum Gasteiger partial charge on any atom is 0.407 e. The second kappa shape index (κ2) is 8.27. The van der Waals surface area contributed by atoms with E-state index >= 15 is 0 Å². The Kier molecular flexibility index (Phi) is 6.93. The van der Waals surface area contributed by atoms with Gasteiger partial charge in [0.15, 0.2) is 11.6 Å². The molecule has 0 radical (unpaired) electrons. The summed E-state index contributed by atoms with van der Waals surface area (Å²) in [4.78, 5) is 12.0. The van der Waals surface area contributed by atoms with Crippen LogP contribution in [0.5, 0.6) is 0 Å². The Morgan fingerprint density at radius 3 is 2.24 bits per heavy atom. The van der Waals surface area contributed by atoms with Crippen LogP contribution in [0.1, 0.15) is 48.5 Å². The van der Waals surface area contributed by atoms with E-state index in [9.17, 15) is 13.2 Å². The second-order valence-corrected chi connectivity index (χ2v) is 10.8. The van der Waals surface area contributed by atoms with Gasteiger partial charge in [0.05, 0.1) is 19.4 Å². The van der Waals surface area contributed by atoms with Crippen LogP contribution in [0.15, 0.2) is 0 Å². The number of carbonyl (C=O) groups excluding carboxylic acids is 1. The van der Waals surface area contributed by atoms with Crippen molar-refractivity contribution in [1.29, 1.82) is 0 Å². The van der Waals surface area contributed by atoms with Crippen molar-refractivity contribution in [3.8, 4) is 0 Å². The first-order valence-electron chi connectivity index (χ1n) is 9.49. The first kappa shape index (κ1) is 24.3. The standard InChI is InChI=1S/C18H33NO9S/c1-16(2,3)27-15(20)19-9-11(28-29(8,21)22)13-14(26-18(6,7)25-13)12-10-23-17(4,5)24-12/h11-14H,9-10H2,1-8H3,(H,19,20)/t11-,12+,13+,14+/m0/s1. The van der Waals surface area contributed by atoms with Crippen molar-refractivity contribution in [3.05, 3.63) is 0 Å². The Morgan fingerprint density at radius 1 is 1.14 bits per heavy atom. The van der Waals surface area contributed by atoms with Crippen LogP contribution in [0, 0.1) is 0 Å². The smallest absolute Gasteiger partial charge is 0.407 e. The third kappa shape index (κ3) is 7.65. The van der Waals surface area contributed by atoms with E-state index < -0.39 is 57.8 Å². The largest absolute Gasteiger partial charge is 0.444 e. The number of ether oxygens (including phenoxy) is 5. The van der Waals surface area contributed by atoms with Crippen molar-refractivity contribution in [2.45, 2.75) is 90.1 Å². The average molecular weight is 440 g/mol. The molecule has 1 N–H and O–H groups in total. The van der Waals surface area contributed by atoms with Crippen LogP contribution in [-0.2, 0) is 38.0 Å². The molecule has 0 saturated carbocycles. The topological polar surface area (TPSA) is 119 Å². The summed E-state index contributed by atoms with van der Waals surface area (Å²) in [5.74, 6) is -1.80. The van der Waals surface area contributed by atoms with Crippen LogP contribution >= 0.6 is 0 Å². The zero-order valence-electron chi connectivity index (χ0n) is 18.3.